The summed E-state index contributed by atoms with van der Waals surface area (Å²) in [4.78, 5) is 14.6. The van der Waals surface area contributed by atoms with Crippen molar-refractivity contribution in [2.75, 3.05) is 34.1 Å². The summed E-state index contributed by atoms with van der Waals surface area (Å²) in [5.41, 5.74) is 2.37. The van der Waals surface area contributed by atoms with E-state index in [2.05, 4.69) is 12.1 Å². The van der Waals surface area contributed by atoms with Crippen molar-refractivity contribution in [3.05, 3.63) is 47.5 Å². The summed E-state index contributed by atoms with van der Waals surface area (Å²) in [6, 6.07) is 12.0. The molecule has 1 atom stereocenters. The summed E-state index contributed by atoms with van der Waals surface area (Å²) in [6.45, 7) is 1.87. The molecule has 1 saturated heterocycles. The number of benzene rings is 2. The highest BCUT2D eigenvalue weighted by atomic mass is 16.7. The molecule has 6 heteroatoms. The van der Waals surface area contributed by atoms with E-state index in [1.807, 2.05) is 29.2 Å². The van der Waals surface area contributed by atoms with Crippen molar-refractivity contribution >= 4 is 5.91 Å². The van der Waals surface area contributed by atoms with E-state index in [1.165, 1.54) is 5.56 Å². The molecule has 2 aromatic carbocycles. The second-order valence-electron chi connectivity index (χ2n) is 7.48. The number of rotatable bonds is 7. The van der Waals surface area contributed by atoms with Crippen molar-refractivity contribution < 1.29 is 23.7 Å². The molecule has 1 unspecified atom stereocenters. The zero-order valence-corrected chi connectivity index (χ0v) is 17.0. The van der Waals surface area contributed by atoms with Gasteiger partial charge in [-0.3, -0.25) is 4.79 Å². The number of ether oxygens (including phenoxy) is 4. The molecule has 2 aromatic rings. The molecule has 0 bridgehead atoms. The van der Waals surface area contributed by atoms with E-state index in [9.17, 15) is 4.79 Å². The standard InChI is InChI=1S/C23H27NO5/c1-26-19-8-6-16(12-21(19)27-2)4-3-5-23(25)24-11-10-18(14-24)17-7-9-20-22(13-17)29-15-28-20/h6-9,12-13,18H,3-5,10-11,14-15H2,1-2H3. The van der Waals surface area contributed by atoms with Gasteiger partial charge >= 0.3 is 0 Å². The van der Waals surface area contributed by atoms with Crippen molar-refractivity contribution in [1.82, 2.24) is 4.90 Å². The van der Waals surface area contributed by atoms with Crippen LogP contribution in [0, 0.1) is 0 Å². The summed E-state index contributed by atoms with van der Waals surface area (Å²) in [6.07, 6.45) is 3.20. The van der Waals surface area contributed by atoms with Crippen LogP contribution < -0.4 is 18.9 Å². The Kier molecular flexibility index (Phi) is 5.79. The largest absolute Gasteiger partial charge is 0.493 e. The minimum atomic E-state index is 0.230. The molecule has 2 aliphatic heterocycles. The van der Waals surface area contributed by atoms with Crippen LogP contribution in [0.1, 0.15) is 36.3 Å². The number of carbonyl (C=O) groups excluding carboxylic acids is 1. The van der Waals surface area contributed by atoms with Crippen LogP contribution >= 0.6 is 0 Å². The van der Waals surface area contributed by atoms with E-state index < -0.39 is 0 Å². The maximum atomic E-state index is 12.7. The fourth-order valence-electron chi connectivity index (χ4n) is 4.06. The first-order chi connectivity index (χ1) is 14.2. The van der Waals surface area contributed by atoms with Gasteiger partial charge in [0.15, 0.2) is 23.0 Å². The molecular weight excluding hydrogens is 370 g/mol. The maximum Gasteiger partial charge on any atom is 0.231 e. The Labute approximate surface area is 171 Å². The van der Waals surface area contributed by atoms with E-state index in [4.69, 9.17) is 18.9 Å². The highest BCUT2D eigenvalue weighted by Gasteiger charge is 2.28. The smallest absolute Gasteiger partial charge is 0.231 e. The fraction of sp³-hybridized carbons (Fsp3) is 0.435. The molecule has 2 heterocycles. The Morgan fingerprint density at radius 1 is 1.07 bits per heavy atom. The normalized spacial score (nSPS) is 17.4. The molecule has 0 saturated carbocycles. The van der Waals surface area contributed by atoms with Gasteiger partial charge in [-0.1, -0.05) is 12.1 Å². The molecule has 0 N–H and O–H groups in total. The first kappa shape index (κ1) is 19.4. The summed E-state index contributed by atoms with van der Waals surface area (Å²) in [5.74, 6) is 3.64. The van der Waals surface area contributed by atoms with Crippen LogP contribution in [0.25, 0.3) is 0 Å². The lowest BCUT2D eigenvalue weighted by atomic mass is 9.98. The lowest BCUT2D eigenvalue weighted by Crippen LogP contribution is -2.28. The Morgan fingerprint density at radius 2 is 1.90 bits per heavy atom. The van der Waals surface area contributed by atoms with Crippen LogP contribution in [-0.2, 0) is 11.2 Å². The highest BCUT2D eigenvalue weighted by molar-refractivity contribution is 5.76. The Bertz CT molecular complexity index is 882. The Hall–Kier alpha value is -2.89. The van der Waals surface area contributed by atoms with Crippen LogP contribution in [0.15, 0.2) is 36.4 Å². The van der Waals surface area contributed by atoms with Crippen molar-refractivity contribution in [2.45, 2.75) is 31.6 Å². The van der Waals surface area contributed by atoms with Gasteiger partial charge in [0, 0.05) is 25.4 Å². The molecule has 4 rings (SSSR count). The molecule has 154 valence electrons. The van der Waals surface area contributed by atoms with E-state index >= 15 is 0 Å². The van der Waals surface area contributed by atoms with Crippen molar-refractivity contribution in [3.8, 4) is 23.0 Å². The lowest BCUT2D eigenvalue weighted by Gasteiger charge is -2.17. The highest BCUT2D eigenvalue weighted by Crippen LogP contribution is 2.37. The first-order valence-electron chi connectivity index (χ1n) is 10.1. The van der Waals surface area contributed by atoms with Crippen LogP contribution in [-0.4, -0.2) is 44.9 Å². The van der Waals surface area contributed by atoms with Crippen LogP contribution in [0.2, 0.25) is 0 Å². The molecule has 1 fully saturated rings. The average Bonchev–Trinajstić information content (AvgIpc) is 3.42. The zero-order valence-electron chi connectivity index (χ0n) is 17.0. The van der Waals surface area contributed by atoms with Gasteiger partial charge in [0.1, 0.15) is 0 Å². The van der Waals surface area contributed by atoms with E-state index in [0.717, 1.165) is 60.9 Å². The van der Waals surface area contributed by atoms with E-state index in [-0.39, 0.29) is 12.7 Å². The summed E-state index contributed by atoms with van der Waals surface area (Å²) in [7, 11) is 3.26. The number of methoxy groups -OCH3 is 2. The number of hydrogen-bond acceptors (Lipinski definition) is 5. The second-order valence-corrected chi connectivity index (χ2v) is 7.48. The van der Waals surface area contributed by atoms with Crippen molar-refractivity contribution in [3.63, 3.8) is 0 Å². The van der Waals surface area contributed by atoms with Gasteiger partial charge in [0.2, 0.25) is 12.7 Å². The third-order valence-electron chi connectivity index (χ3n) is 5.71. The number of amides is 1. The van der Waals surface area contributed by atoms with E-state index in [0.29, 0.717) is 12.3 Å². The molecule has 0 aliphatic carbocycles. The predicted octanol–water partition coefficient (Wildman–Crippen LogP) is 3.77. The van der Waals surface area contributed by atoms with Crippen molar-refractivity contribution in [1.29, 1.82) is 0 Å². The zero-order chi connectivity index (χ0) is 20.2. The lowest BCUT2D eigenvalue weighted by molar-refractivity contribution is -0.130. The number of carbonyl (C=O) groups is 1. The minimum absolute atomic E-state index is 0.230. The van der Waals surface area contributed by atoms with Gasteiger partial charge in [0.25, 0.3) is 0 Å². The first-order valence-corrected chi connectivity index (χ1v) is 10.1. The van der Waals surface area contributed by atoms with Crippen molar-refractivity contribution in [2.24, 2.45) is 0 Å². The van der Waals surface area contributed by atoms with Crippen LogP contribution in [0.5, 0.6) is 23.0 Å². The molecule has 1 amide bonds. The van der Waals surface area contributed by atoms with Gasteiger partial charge in [0.05, 0.1) is 14.2 Å². The molecule has 29 heavy (non-hydrogen) atoms. The Balaban J connectivity index is 1.27. The number of fused-ring (bicyclic) bond motifs is 1. The fourth-order valence-corrected chi connectivity index (χ4v) is 4.06. The maximum absolute atomic E-state index is 12.7. The quantitative estimate of drug-likeness (QED) is 0.712. The summed E-state index contributed by atoms with van der Waals surface area (Å²) >= 11 is 0. The average molecular weight is 397 g/mol. The molecular formula is C23H27NO5. The van der Waals surface area contributed by atoms with Gasteiger partial charge in [-0.05, 0) is 54.7 Å². The minimum Gasteiger partial charge on any atom is -0.493 e. The molecule has 2 aliphatic rings. The number of aryl methyl sites for hydroxylation is 1. The van der Waals surface area contributed by atoms with Gasteiger partial charge in [-0.25, -0.2) is 0 Å². The SMILES string of the molecule is COc1ccc(CCCC(=O)N2CCC(c3ccc4c(c3)OCO4)C2)cc1OC. The predicted molar refractivity (Wildman–Crippen MR) is 109 cm³/mol. The second kappa shape index (κ2) is 8.64. The third kappa shape index (κ3) is 4.26. The van der Waals surface area contributed by atoms with E-state index in [1.54, 1.807) is 14.2 Å². The number of likely N-dealkylation sites (tertiary alicyclic amines) is 1. The third-order valence-corrected chi connectivity index (χ3v) is 5.71. The van der Waals surface area contributed by atoms with Gasteiger partial charge in [-0.15, -0.1) is 0 Å². The van der Waals surface area contributed by atoms with Gasteiger partial charge in [-0.2, -0.15) is 0 Å². The molecule has 0 spiro atoms. The summed E-state index contributed by atoms with van der Waals surface area (Å²) < 4.78 is 21.5. The van der Waals surface area contributed by atoms with Crippen LogP contribution in [0.3, 0.4) is 0 Å². The monoisotopic (exact) mass is 397 g/mol. The molecule has 0 aromatic heterocycles. The number of nitrogens with zero attached hydrogens (tertiary/aromatic N) is 1. The Morgan fingerprint density at radius 3 is 2.72 bits per heavy atom. The molecule has 0 radical (unpaired) electrons. The van der Waals surface area contributed by atoms with Gasteiger partial charge < -0.3 is 23.8 Å². The van der Waals surface area contributed by atoms with Crippen LogP contribution in [0.4, 0.5) is 0 Å². The number of hydrogen-bond donors (Lipinski definition) is 0. The molecule has 6 nitrogen and oxygen atoms in total. The topological polar surface area (TPSA) is 57.2 Å². The summed E-state index contributed by atoms with van der Waals surface area (Å²) in [5, 5.41) is 0.